The third-order valence-electron chi connectivity index (χ3n) is 4.79. The van der Waals surface area contributed by atoms with Crippen molar-refractivity contribution in [2.75, 3.05) is 23.8 Å². The van der Waals surface area contributed by atoms with Gasteiger partial charge >= 0.3 is 11.8 Å². The number of anilines is 2. The van der Waals surface area contributed by atoms with E-state index in [-0.39, 0.29) is 12.5 Å². The second-order valence-electron chi connectivity index (χ2n) is 7.62. The predicted molar refractivity (Wildman–Crippen MR) is 143 cm³/mol. The number of halogens is 1. The molecule has 0 unspecified atom stereocenters. The molecule has 3 N–H and O–H groups in total. The fraction of sp³-hybridized carbons (Fsp3) is 0.111. The first kappa shape index (κ1) is 27.0. The highest BCUT2D eigenvalue weighted by molar-refractivity contribution is 6.39. The van der Waals surface area contributed by atoms with E-state index in [1.165, 1.54) is 6.21 Å². The van der Waals surface area contributed by atoms with Gasteiger partial charge in [0.25, 0.3) is 5.91 Å². The maximum atomic E-state index is 12.3. The minimum absolute atomic E-state index is 0.261. The van der Waals surface area contributed by atoms with E-state index in [0.717, 1.165) is 5.56 Å². The molecule has 0 bridgehead atoms. The van der Waals surface area contributed by atoms with Crippen molar-refractivity contribution < 1.29 is 23.9 Å². The summed E-state index contributed by atoms with van der Waals surface area (Å²) in [6.07, 6.45) is 2.93. The van der Waals surface area contributed by atoms with Gasteiger partial charge in [0, 0.05) is 22.0 Å². The van der Waals surface area contributed by atoms with Crippen LogP contribution < -0.4 is 25.5 Å². The van der Waals surface area contributed by atoms with E-state index in [4.69, 9.17) is 21.1 Å². The molecule has 9 nitrogen and oxygen atoms in total. The lowest BCUT2D eigenvalue weighted by atomic mass is 10.2. The molecule has 0 atom stereocenters. The largest absolute Gasteiger partial charge is 0.490 e. The van der Waals surface area contributed by atoms with Crippen molar-refractivity contribution in [2.45, 2.75) is 6.92 Å². The summed E-state index contributed by atoms with van der Waals surface area (Å²) in [7, 11) is 0. The summed E-state index contributed by atoms with van der Waals surface area (Å²) in [5, 5.41) is 9.53. The van der Waals surface area contributed by atoms with Gasteiger partial charge < -0.3 is 20.1 Å². The van der Waals surface area contributed by atoms with Crippen LogP contribution in [0.2, 0.25) is 5.02 Å². The summed E-state index contributed by atoms with van der Waals surface area (Å²) in [5.41, 5.74) is 4.52. The Bertz CT molecular complexity index is 1310. The average molecular weight is 521 g/mol. The van der Waals surface area contributed by atoms with Crippen LogP contribution in [-0.2, 0) is 14.4 Å². The van der Waals surface area contributed by atoms with Gasteiger partial charge in [0.15, 0.2) is 6.61 Å². The molecule has 3 aromatic rings. The van der Waals surface area contributed by atoms with Crippen molar-refractivity contribution in [1.82, 2.24) is 5.43 Å². The van der Waals surface area contributed by atoms with Crippen molar-refractivity contribution in [3.05, 3.63) is 95.5 Å². The van der Waals surface area contributed by atoms with Crippen LogP contribution in [0.3, 0.4) is 0 Å². The minimum Gasteiger partial charge on any atom is -0.490 e. The summed E-state index contributed by atoms with van der Waals surface area (Å²) in [6.45, 7) is 5.53. The molecule has 0 aromatic heterocycles. The Kier molecular flexibility index (Phi) is 9.81. The van der Waals surface area contributed by atoms with Crippen LogP contribution in [0.15, 0.2) is 84.5 Å². The van der Waals surface area contributed by atoms with Gasteiger partial charge in [-0.25, -0.2) is 5.43 Å². The molecule has 0 fully saturated rings. The lowest BCUT2D eigenvalue weighted by Crippen LogP contribution is -2.32. The fourth-order valence-corrected chi connectivity index (χ4v) is 3.10. The maximum Gasteiger partial charge on any atom is 0.329 e. The summed E-state index contributed by atoms with van der Waals surface area (Å²) < 4.78 is 11.0. The lowest BCUT2D eigenvalue weighted by molar-refractivity contribution is -0.136. The number of para-hydroxylation sites is 1. The number of nitrogens with one attached hydrogen (secondary N) is 3. The number of carbonyl (C=O) groups excluding carboxylic acids is 3. The van der Waals surface area contributed by atoms with Crippen molar-refractivity contribution in [2.24, 2.45) is 5.10 Å². The molecule has 0 spiro atoms. The van der Waals surface area contributed by atoms with Crippen molar-refractivity contribution in [1.29, 1.82) is 0 Å². The van der Waals surface area contributed by atoms with E-state index in [1.807, 2.05) is 6.92 Å². The van der Waals surface area contributed by atoms with Crippen molar-refractivity contribution in [3.8, 4) is 11.5 Å². The van der Waals surface area contributed by atoms with Crippen LogP contribution in [-0.4, -0.2) is 37.1 Å². The first-order chi connectivity index (χ1) is 17.9. The molecule has 190 valence electrons. The normalized spacial score (nSPS) is 10.4. The molecule has 0 heterocycles. The SMILES string of the molecule is C=CCOc1ccc(NC(=O)C(=O)N/N=C\c2ccccc2OCC(=O)Nc2ccc(C)c(Cl)c2)cc1. The summed E-state index contributed by atoms with van der Waals surface area (Å²) in [4.78, 5) is 36.5. The number of carbonyl (C=O) groups is 3. The Balaban J connectivity index is 1.50. The molecule has 3 rings (SSSR count). The second-order valence-corrected chi connectivity index (χ2v) is 8.02. The summed E-state index contributed by atoms with van der Waals surface area (Å²) >= 11 is 6.08. The van der Waals surface area contributed by atoms with E-state index in [9.17, 15) is 14.4 Å². The smallest absolute Gasteiger partial charge is 0.329 e. The van der Waals surface area contributed by atoms with Crippen LogP contribution in [0, 0.1) is 6.92 Å². The van der Waals surface area contributed by atoms with E-state index in [2.05, 4.69) is 27.7 Å². The highest BCUT2D eigenvalue weighted by Gasteiger charge is 2.13. The number of hydrogen-bond donors (Lipinski definition) is 3. The van der Waals surface area contributed by atoms with Crippen LogP contribution in [0.4, 0.5) is 11.4 Å². The number of hydrazone groups is 1. The summed E-state index contributed by atoms with van der Waals surface area (Å²) in [6, 6.07) is 18.5. The van der Waals surface area contributed by atoms with Gasteiger partial charge in [-0.3, -0.25) is 14.4 Å². The molecule has 0 radical (unpaired) electrons. The number of ether oxygens (including phenoxy) is 2. The van der Waals surface area contributed by atoms with Gasteiger partial charge in [-0.1, -0.05) is 42.5 Å². The zero-order chi connectivity index (χ0) is 26.6. The first-order valence-electron chi connectivity index (χ1n) is 11.1. The number of rotatable bonds is 10. The van der Waals surface area contributed by atoms with Crippen LogP contribution in [0.5, 0.6) is 11.5 Å². The van der Waals surface area contributed by atoms with Gasteiger partial charge in [-0.05, 0) is 61.0 Å². The minimum atomic E-state index is -0.960. The van der Waals surface area contributed by atoms with Crippen LogP contribution >= 0.6 is 11.6 Å². The Morgan fingerprint density at radius 3 is 2.41 bits per heavy atom. The highest BCUT2D eigenvalue weighted by Crippen LogP contribution is 2.20. The molecular formula is C27H25ClN4O5. The Hall–Kier alpha value is -4.63. The Labute approximate surface area is 219 Å². The maximum absolute atomic E-state index is 12.3. The average Bonchev–Trinajstić information content (AvgIpc) is 2.89. The van der Waals surface area contributed by atoms with E-state index >= 15 is 0 Å². The molecule has 0 saturated heterocycles. The van der Waals surface area contributed by atoms with Crippen LogP contribution in [0.1, 0.15) is 11.1 Å². The lowest BCUT2D eigenvalue weighted by Gasteiger charge is -2.10. The standard InChI is InChI=1S/C27H25ClN4O5/c1-3-14-36-22-12-10-20(11-13-22)31-26(34)27(35)32-29-16-19-6-4-5-7-24(19)37-17-25(33)30-21-9-8-18(2)23(28)15-21/h3-13,15-16H,1,14,17H2,2H3,(H,30,33)(H,31,34)(H,32,35)/b29-16-. The zero-order valence-electron chi connectivity index (χ0n) is 20.0. The van der Waals surface area contributed by atoms with Gasteiger partial charge in [-0.15, -0.1) is 0 Å². The number of nitrogens with zero attached hydrogens (tertiary/aromatic N) is 1. The zero-order valence-corrected chi connectivity index (χ0v) is 20.7. The molecule has 3 aromatic carbocycles. The van der Waals surface area contributed by atoms with E-state index in [1.54, 1.807) is 72.8 Å². The Morgan fingerprint density at radius 1 is 0.946 bits per heavy atom. The number of amides is 3. The quantitative estimate of drug-likeness (QED) is 0.159. The van der Waals surface area contributed by atoms with E-state index in [0.29, 0.717) is 40.1 Å². The molecule has 0 aliphatic carbocycles. The fourth-order valence-electron chi connectivity index (χ4n) is 2.92. The third kappa shape index (κ3) is 8.52. The number of aryl methyl sites for hydroxylation is 1. The first-order valence-corrected chi connectivity index (χ1v) is 11.5. The molecule has 3 amide bonds. The molecular weight excluding hydrogens is 496 g/mol. The van der Waals surface area contributed by atoms with Gasteiger partial charge in [-0.2, -0.15) is 5.10 Å². The third-order valence-corrected chi connectivity index (χ3v) is 5.20. The molecule has 0 saturated carbocycles. The summed E-state index contributed by atoms with van der Waals surface area (Å²) in [5.74, 6) is -1.27. The van der Waals surface area contributed by atoms with Gasteiger partial charge in [0.05, 0.1) is 6.21 Å². The van der Waals surface area contributed by atoms with Crippen LogP contribution in [0.25, 0.3) is 0 Å². The van der Waals surface area contributed by atoms with E-state index < -0.39 is 11.8 Å². The monoisotopic (exact) mass is 520 g/mol. The molecule has 37 heavy (non-hydrogen) atoms. The topological polar surface area (TPSA) is 118 Å². The number of benzene rings is 3. The number of hydrogen-bond acceptors (Lipinski definition) is 6. The molecule has 0 aliphatic rings. The van der Waals surface area contributed by atoms with Gasteiger partial charge in [0.1, 0.15) is 18.1 Å². The van der Waals surface area contributed by atoms with Gasteiger partial charge in [0.2, 0.25) is 0 Å². The second kappa shape index (κ2) is 13.5. The highest BCUT2D eigenvalue weighted by atomic mass is 35.5. The predicted octanol–water partition coefficient (Wildman–Crippen LogP) is 4.32. The Morgan fingerprint density at radius 2 is 1.68 bits per heavy atom. The van der Waals surface area contributed by atoms with Crippen molar-refractivity contribution >= 4 is 46.9 Å². The van der Waals surface area contributed by atoms with Crippen molar-refractivity contribution in [3.63, 3.8) is 0 Å². The molecule has 0 aliphatic heterocycles. The molecule has 10 heteroatoms.